The third-order valence-corrected chi connectivity index (χ3v) is 3.35. The molecule has 0 radical (unpaired) electrons. The first-order chi connectivity index (χ1) is 7.03. The molecule has 1 aliphatic rings. The van der Waals surface area contributed by atoms with Gasteiger partial charge in [0, 0.05) is 10.6 Å². The summed E-state index contributed by atoms with van der Waals surface area (Å²) >= 11 is 5.88. The van der Waals surface area contributed by atoms with Crippen LogP contribution in [0.25, 0.3) is 0 Å². The Morgan fingerprint density at radius 1 is 1.13 bits per heavy atom. The lowest BCUT2D eigenvalue weighted by Crippen LogP contribution is -2.33. The van der Waals surface area contributed by atoms with Crippen molar-refractivity contribution in [3.05, 3.63) is 34.4 Å². The van der Waals surface area contributed by atoms with E-state index in [1.165, 1.54) is 0 Å². The molecule has 1 aromatic rings. The van der Waals surface area contributed by atoms with Crippen molar-refractivity contribution in [2.24, 2.45) is 5.73 Å². The summed E-state index contributed by atoms with van der Waals surface area (Å²) in [6.07, 6.45) is 3.56. The number of benzene rings is 1. The van der Waals surface area contributed by atoms with Gasteiger partial charge >= 0.3 is 0 Å². The maximum atomic E-state index is 13.1. The molecule has 0 aromatic heterocycles. The molecule has 1 aliphatic carbocycles. The molecule has 4 heteroatoms. The van der Waals surface area contributed by atoms with Crippen LogP contribution in [0.15, 0.2) is 12.1 Å². The number of hydrogen-bond donors (Lipinski definition) is 1. The summed E-state index contributed by atoms with van der Waals surface area (Å²) in [6, 6.07) is 2.13. The zero-order valence-electron chi connectivity index (χ0n) is 8.19. The van der Waals surface area contributed by atoms with Crippen LogP contribution in [-0.4, -0.2) is 0 Å². The van der Waals surface area contributed by atoms with Crippen molar-refractivity contribution in [2.75, 3.05) is 0 Å². The zero-order valence-corrected chi connectivity index (χ0v) is 8.95. The molecule has 0 amide bonds. The normalized spacial score (nSPS) is 19.5. The van der Waals surface area contributed by atoms with E-state index in [9.17, 15) is 8.78 Å². The lowest BCUT2D eigenvalue weighted by atomic mass is 9.89. The molecule has 0 bridgehead atoms. The molecule has 82 valence electrons. The number of hydrogen-bond acceptors (Lipinski definition) is 1. The van der Waals surface area contributed by atoms with E-state index in [0.717, 1.165) is 37.8 Å². The minimum absolute atomic E-state index is 0.221. The summed E-state index contributed by atoms with van der Waals surface area (Å²) in [5.74, 6) is -1.81. The van der Waals surface area contributed by atoms with Gasteiger partial charge in [-0.2, -0.15) is 0 Å². The standard InChI is InChI=1S/C11H12ClF2N/c12-8-6-10(14)9(13)5-7(8)11(15)3-1-2-4-11/h5-6H,1-4,15H2. The quantitative estimate of drug-likeness (QED) is 0.737. The number of nitrogens with two attached hydrogens (primary N) is 1. The van der Waals surface area contributed by atoms with Crippen LogP contribution < -0.4 is 5.73 Å². The van der Waals surface area contributed by atoms with E-state index < -0.39 is 17.2 Å². The average Bonchev–Trinajstić information content (AvgIpc) is 2.60. The average molecular weight is 232 g/mol. The Morgan fingerprint density at radius 3 is 2.27 bits per heavy atom. The van der Waals surface area contributed by atoms with E-state index >= 15 is 0 Å². The van der Waals surface area contributed by atoms with E-state index in [-0.39, 0.29) is 5.02 Å². The fourth-order valence-electron chi connectivity index (χ4n) is 2.18. The number of halogens is 3. The summed E-state index contributed by atoms with van der Waals surface area (Å²) in [7, 11) is 0. The minimum Gasteiger partial charge on any atom is -0.321 e. The Hall–Kier alpha value is -0.670. The predicted octanol–water partition coefficient (Wildman–Crippen LogP) is 3.35. The van der Waals surface area contributed by atoms with Gasteiger partial charge in [0.25, 0.3) is 0 Å². The second-order valence-electron chi connectivity index (χ2n) is 4.11. The highest BCUT2D eigenvalue weighted by Crippen LogP contribution is 2.40. The minimum atomic E-state index is -0.926. The molecule has 0 saturated heterocycles. The van der Waals surface area contributed by atoms with Crippen LogP contribution in [-0.2, 0) is 5.54 Å². The van der Waals surface area contributed by atoms with Gasteiger partial charge in [-0.25, -0.2) is 8.78 Å². The van der Waals surface area contributed by atoms with Crippen molar-refractivity contribution in [3.63, 3.8) is 0 Å². The van der Waals surface area contributed by atoms with Gasteiger partial charge < -0.3 is 5.73 Å². The molecular formula is C11H12ClF2N. The SMILES string of the molecule is NC1(c2cc(F)c(F)cc2Cl)CCCC1. The first kappa shape index (κ1) is 10.8. The van der Waals surface area contributed by atoms with Gasteiger partial charge in [0.05, 0.1) is 0 Å². The van der Waals surface area contributed by atoms with Crippen LogP contribution in [0.1, 0.15) is 31.2 Å². The maximum absolute atomic E-state index is 13.1. The molecule has 0 unspecified atom stereocenters. The summed E-state index contributed by atoms with van der Waals surface area (Å²) < 4.78 is 26.0. The Morgan fingerprint density at radius 2 is 1.67 bits per heavy atom. The molecule has 1 nitrogen and oxygen atoms in total. The van der Waals surface area contributed by atoms with Crippen LogP contribution in [0.5, 0.6) is 0 Å². The first-order valence-electron chi connectivity index (χ1n) is 4.97. The van der Waals surface area contributed by atoms with E-state index in [0.29, 0.717) is 5.56 Å². The molecule has 0 aliphatic heterocycles. The lowest BCUT2D eigenvalue weighted by Gasteiger charge is -2.25. The molecular weight excluding hydrogens is 220 g/mol. The Labute approximate surface area is 92.2 Å². The van der Waals surface area contributed by atoms with E-state index in [1.54, 1.807) is 0 Å². The van der Waals surface area contributed by atoms with E-state index in [1.807, 2.05) is 0 Å². The second-order valence-corrected chi connectivity index (χ2v) is 4.52. The van der Waals surface area contributed by atoms with Crippen LogP contribution in [0.3, 0.4) is 0 Å². The second kappa shape index (κ2) is 3.72. The van der Waals surface area contributed by atoms with E-state index in [4.69, 9.17) is 17.3 Å². The first-order valence-corrected chi connectivity index (χ1v) is 5.35. The Kier molecular flexibility index (Phi) is 2.69. The topological polar surface area (TPSA) is 26.0 Å². The molecule has 0 spiro atoms. The summed E-state index contributed by atoms with van der Waals surface area (Å²) in [6.45, 7) is 0. The van der Waals surface area contributed by atoms with Gasteiger partial charge in [0.1, 0.15) is 0 Å². The largest absolute Gasteiger partial charge is 0.321 e. The zero-order chi connectivity index (χ0) is 11.1. The molecule has 2 N–H and O–H groups in total. The van der Waals surface area contributed by atoms with Crippen molar-refractivity contribution >= 4 is 11.6 Å². The Balaban J connectivity index is 2.48. The third-order valence-electron chi connectivity index (χ3n) is 3.04. The number of rotatable bonds is 1. The van der Waals surface area contributed by atoms with Crippen molar-refractivity contribution in [1.29, 1.82) is 0 Å². The summed E-state index contributed by atoms with van der Waals surface area (Å²) in [4.78, 5) is 0. The Bertz CT molecular complexity index is 386. The van der Waals surface area contributed by atoms with Crippen LogP contribution in [0.2, 0.25) is 5.02 Å². The predicted molar refractivity (Wildman–Crippen MR) is 55.7 cm³/mol. The van der Waals surface area contributed by atoms with Gasteiger partial charge in [-0.15, -0.1) is 0 Å². The van der Waals surface area contributed by atoms with Crippen molar-refractivity contribution in [3.8, 4) is 0 Å². The van der Waals surface area contributed by atoms with Crippen molar-refractivity contribution in [1.82, 2.24) is 0 Å². The summed E-state index contributed by atoms with van der Waals surface area (Å²) in [5.41, 5.74) is 6.08. The van der Waals surface area contributed by atoms with Gasteiger partial charge in [-0.05, 0) is 30.5 Å². The highest BCUT2D eigenvalue weighted by molar-refractivity contribution is 6.31. The smallest absolute Gasteiger partial charge is 0.160 e. The molecule has 15 heavy (non-hydrogen) atoms. The molecule has 0 heterocycles. The van der Waals surface area contributed by atoms with Gasteiger partial charge in [0.2, 0.25) is 0 Å². The maximum Gasteiger partial charge on any atom is 0.160 e. The van der Waals surface area contributed by atoms with E-state index in [2.05, 4.69) is 0 Å². The van der Waals surface area contributed by atoms with Crippen LogP contribution in [0, 0.1) is 11.6 Å². The monoisotopic (exact) mass is 231 g/mol. The van der Waals surface area contributed by atoms with Crippen molar-refractivity contribution < 1.29 is 8.78 Å². The van der Waals surface area contributed by atoms with Crippen LogP contribution in [0.4, 0.5) is 8.78 Å². The lowest BCUT2D eigenvalue weighted by molar-refractivity contribution is 0.449. The van der Waals surface area contributed by atoms with Gasteiger partial charge in [-0.1, -0.05) is 24.4 Å². The fourth-order valence-corrected chi connectivity index (χ4v) is 2.52. The van der Waals surface area contributed by atoms with Crippen LogP contribution >= 0.6 is 11.6 Å². The molecule has 1 fully saturated rings. The molecule has 0 atom stereocenters. The fraction of sp³-hybridized carbons (Fsp3) is 0.455. The summed E-state index contributed by atoms with van der Waals surface area (Å²) in [5, 5.41) is 0.221. The van der Waals surface area contributed by atoms with Crippen molar-refractivity contribution in [2.45, 2.75) is 31.2 Å². The molecule has 1 saturated carbocycles. The third kappa shape index (κ3) is 1.86. The highest BCUT2D eigenvalue weighted by atomic mass is 35.5. The highest BCUT2D eigenvalue weighted by Gasteiger charge is 2.33. The molecule has 2 rings (SSSR count). The van der Waals surface area contributed by atoms with Gasteiger partial charge in [0.15, 0.2) is 11.6 Å². The molecule has 1 aromatic carbocycles. The van der Waals surface area contributed by atoms with Gasteiger partial charge in [-0.3, -0.25) is 0 Å².